The lowest BCUT2D eigenvalue weighted by atomic mass is 9.96. The molecule has 2 aliphatic heterocycles. The first-order valence-electron chi connectivity index (χ1n) is 7.95. The number of hydrogen-bond donors (Lipinski definition) is 1. The molecule has 0 saturated carbocycles. The van der Waals surface area contributed by atoms with Crippen molar-refractivity contribution in [3.8, 4) is 0 Å². The number of hydrogen-bond acceptors (Lipinski definition) is 3. The van der Waals surface area contributed by atoms with Crippen LogP contribution in [0.5, 0.6) is 0 Å². The highest BCUT2D eigenvalue weighted by Gasteiger charge is 2.30. The van der Waals surface area contributed by atoms with Crippen LogP contribution in [0.25, 0.3) is 0 Å². The van der Waals surface area contributed by atoms with Gasteiger partial charge >= 0.3 is 0 Å². The van der Waals surface area contributed by atoms with E-state index in [2.05, 4.69) is 35.5 Å². The number of rotatable bonds is 2. The predicted octanol–water partition coefficient (Wildman–Crippen LogP) is 1.97. The van der Waals surface area contributed by atoms with Gasteiger partial charge in [-0.25, -0.2) is 0 Å². The number of likely N-dealkylation sites (tertiary alicyclic amines) is 1. The van der Waals surface area contributed by atoms with Gasteiger partial charge in [0.1, 0.15) is 6.04 Å². The molecule has 4 heteroatoms. The summed E-state index contributed by atoms with van der Waals surface area (Å²) in [5.74, 6) is 0.249. The summed E-state index contributed by atoms with van der Waals surface area (Å²) in [5, 5.41) is 3.42. The van der Waals surface area contributed by atoms with Crippen molar-refractivity contribution in [2.45, 2.75) is 37.8 Å². The molecule has 0 radical (unpaired) electrons. The van der Waals surface area contributed by atoms with Crippen LogP contribution < -0.4 is 5.32 Å². The average molecular weight is 287 g/mol. The van der Waals surface area contributed by atoms with Gasteiger partial charge in [0.2, 0.25) is 5.91 Å². The van der Waals surface area contributed by atoms with Crippen LogP contribution in [0.4, 0.5) is 5.69 Å². The summed E-state index contributed by atoms with van der Waals surface area (Å²) in [4.78, 5) is 17.1. The van der Waals surface area contributed by atoms with E-state index in [9.17, 15) is 4.79 Å². The average Bonchev–Trinajstić information content (AvgIpc) is 2.54. The second kappa shape index (κ2) is 6.06. The molecule has 2 aliphatic rings. The number of amides is 1. The lowest BCUT2D eigenvalue weighted by Gasteiger charge is -2.37. The Morgan fingerprint density at radius 2 is 1.95 bits per heavy atom. The van der Waals surface area contributed by atoms with Crippen molar-refractivity contribution in [3.05, 3.63) is 29.8 Å². The van der Waals surface area contributed by atoms with Crippen molar-refractivity contribution in [2.75, 3.05) is 32.5 Å². The third-order valence-electron chi connectivity index (χ3n) is 4.93. The fraction of sp³-hybridized carbons (Fsp3) is 0.588. The van der Waals surface area contributed by atoms with E-state index in [0.29, 0.717) is 6.04 Å². The van der Waals surface area contributed by atoms with Gasteiger partial charge in [0.15, 0.2) is 0 Å². The molecular weight excluding hydrogens is 262 g/mol. The van der Waals surface area contributed by atoms with Gasteiger partial charge in [-0.3, -0.25) is 4.79 Å². The standard InChI is InChI=1S/C17H25N3O/c1-19-11-9-14(10-12-19)20(2)17(21)16-8-7-13-5-3-4-6-15(13)18-16/h3-6,14,16,18H,7-12H2,1-2H3. The second-order valence-electron chi connectivity index (χ2n) is 6.38. The van der Waals surface area contributed by atoms with Crippen molar-refractivity contribution in [3.63, 3.8) is 0 Å². The van der Waals surface area contributed by atoms with Gasteiger partial charge in [0.25, 0.3) is 0 Å². The molecule has 21 heavy (non-hydrogen) atoms. The third-order valence-corrected chi connectivity index (χ3v) is 4.93. The molecule has 1 saturated heterocycles. The first kappa shape index (κ1) is 14.4. The smallest absolute Gasteiger partial charge is 0.245 e. The van der Waals surface area contributed by atoms with Gasteiger partial charge in [-0.2, -0.15) is 0 Å². The molecule has 3 rings (SSSR count). The Bertz CT molecular complexity index is 509. The molecule has 0 aliphatic carbocycles. The largest absolute Gasteiger partial charge is 0.373 e. The summed E-state index contributed by atoms with van der Waals surface area (Å²) in [6.07, 6.45) is 4.05. The Labute approximate surface area is 127 Å². The fourth-order valence-corrected chi connectivity index (χ4v) is 3.43. The highest BCUT2D eigenvalue weighted by Crippen LogP contribution is 2.26. The number of nitrogens with zero attached hydrogens (tertiary/aromatic N) is 2. The van der Waals surface area contributed by atoms with E-state index in [-0.39, 0.29) is 11.9 Å². The van der Waals surface area contributed by atoms with Crippen molar-refractivity contribution in [2.24, 2.45) is 0 Å². The highest BCUT2D eigenvalue weighted by molar-refractivity contribution is 5.85. The highest BCUT2D eigenvalue weighted by atomic mass is 16.2. The Hall–Kier alpha value is -1.55. The van der Waals surface area contributed by atoms with E-state index in [0.717, 1.165) is 44.5 Å². The van der Waals surface area contributed by atoms with E-state index < -0.39 is 0 Å². The molecule has 2 heterocycles. The fourth-order valence-electron chi connectivity index (χ4n) is 3.43. The van der Waals surface area contributed by atoms with Crippen LogP contribution >= 0.6 is 0 Å². The van der Waals surface area contributed by atoms with E-state index in [1.54, 1.807) is 0 Å². The minimum Gasteiger partial charge on any atom is -0.373 e. The topological polar surface area (TPSA) is 35.6 Å². The minimum absolute atomic E-state index is 0.0652. The molecule has 1 N–H and O–H groups in total. The van der Waals surface area contributed by atoms with Crippen LogP contribution in [0.3, 0.4) is 0 Å². The van der Waals surface area contributed by atoms with Crippen molar-refractivity contribution in [1.29, 1.82) is 0 Å². The molecule has 1 aromatic rings. The quantitative estimate of drug-likeness (QED) is 0.903. The maximum atomic E-state index is 12.7. The Balaban J connectivity index is 1.63. The molecule has 1 amide bonds. The first-order valence-corrected chi connectivity index (χ1v) is 7.95. The molecule has 1 fully saturated rings. The number of fused-ring (bicyclic) bond motifs is 1. The molecule has 4 nitrogen and oxygen atoms in total. The number of carbonyl (C=O) groups is 1. The van der Waals surface area contributed by atoms with E-state index in [1.165, 1.54) is 5.56 Å². The molecule has 1 unspecified atom stereocenters. The summed E-state index contributed by atoms with van der Waals surface area (Å²) in [6.45, 7) is 2.17. The molecule has 0 spiro atoms. The number of benzene rings is 1. The zero-order valence-electron chi connectivity index (χ0n) is 13.0. The lowest BCUT2D eigenvalue weighted by molar-refractivity contribution is -0.133. The van der Waals surface area contributed by atoms with E-state index in [1.807, 2.05) is 18.0 Å². The maximum Gasteiger partial charge on any atom is 0.245 e. The number of nitrogens with one attached hydrogen (secondary N) is 1. The molecule has 0 aromatic heterocycles. The van der Waals surface area contributed by atoms with Crippen LogP contribution in [0, 0.1) is 0 Å². The van der Waals surface area contributed by atoms with Crippen molar-refractivity contribution in [1.82, 2.24) is 9.80 Å². The molecular formula is C17H25N3O. The summed E-state index contributed by atoms with van der Waals surface area (Å²) >= 11 is 0. The van der Waals surface area contributed by atoms with Gasteiger partial charge in [-0.05, 0) is 57.5 Å². The van der Waals surface area contributed by atoms with Crippen LogP contribution in [-0.2, 0) is 11.2 Å². The van der Waals surface area contributed by atoms with Gasteiger partial charge in [-0.15, -0.1) is 0 Å². The number of anilines is 1. The number of likely N-dealkylation sites (N-methyl/N-ethyl adjacent to an activating group) is 1. The normalized spacial score (nSPS) is 23.2. The van der Waals surface area contributed by atoms with Gasteiger partial charge in [0.05, 0.1) is 0 Å². The Morgan fingerprint density at radius 3 is 2.71 bits per heavy atom. The summed E-state index contributed by atoms with van der Waals surface area (Å²) in [5.41, 5.74) is 2.45. The van der Waals surface area contributed by atoms with E-state index >= 15 is 0 Å². The molecule has 1 atom stereocenters. The Kier molecular flexibility index (Phi) is 4.15. The molecule has 1 aromatic carbocycles. The maximum absolute atomic E-state index is 12.7. The minimum atomic E-state index is -0.0652. The summed E-state index contributed by atoms with van der Waals surface area (Å²) < 4.78 is 0. The number of carbonyl (C=O) groups excluding carboxylic acids is 1. The number of para-hydroxylation sites is 1. The SMILES string of the molecule is CN1CCC(N(C)C(=O)C2CCc3ccccc3N2)CC1. The van der Waals surface area contributed by atoms with Gasteiger partial charge in [-0.1, -0.05) is 18.2 Å². The van der Waals surface area contributed by atoms with Crippen LogP contribution in [0.15, 0.2) is 24.3 Å². The van der Waals surface area contributed by atoms with Gasteiger partial charge < -0.3 is 15.1 Å². The van der Waals surface area contributed by atoms with Gasteiger partial charge in [0, 0.05) is 18.8 Å². The number of piperidine rings is 1. The lowest BCUT2D eigenvalue weighted by Crippen LogP contribution is -2.50. The van der Waals surface area contributed by atoms with Crippen molar-refractivity contribution >= 4 is 11.6 Å². The monoisotopic (exact) mass is 287 g/mol. The molecule has 0 bridgehead atoms. The number of aryl methyl sites for hydroxylation is 1. The zero-order chi connectivity index (χ0) is 14.8. The third kappa shape index (κ3) is 3.05. The molecule has 114 valence electrons. The van der Waals surface area contributed by atoms with Crippen molar-refractivity contribution < 1.29 is 4.79 Å². The van der Waals surface area contributed by atoms with Crippen LogP contribution in [0.2, 0.25) is 0 Å². The van der Waals surface area contributed by atoms with Crippen LogP contribution in [0.1, 0.15) is 24.8 Å². The second-order valence-corrected chi connectivity index (χ2v) is 6.38. The Morgan fingerprint density at radius 1 is 1.24 bits per heavy atom. The first-order chi connectivity index (χ1) is 10.1. The van der Waals surface area contributed by atoms with E-state index in [4.69, 9.17) is 0 Å². The summed E-state index contributed by atoms with van der Waals surface area (Å²) in [6, 6.07) is 8.64. The predicted molar refractivity (Wildman–Crippen MR) is 85.5 cm³/mol. The summed E-state index contributed by atoms with van der Waals surface area (Å²) in [7, 11) is 4.12. The zero-order valence-corrected chi connectivity index (χ0v) is 13.0. The van der Waals surface area contributed by atoms with Crippen LogP contribution in [-0.4, -0.2) is 55.0 Å².